The largest absolute Gasteiger partial charge is 0.391 e. The molecule has 1 aromatic carbocycles. The molecule has 8 rings (SSSR count). The zero-order chi connectivity index (χ0) is 52.0. The molecule has 2 saturated heterocycles. The number of piperazine rings is 1. The van der Waals surface area contributed by atoms with E-state index in [1.807, 2.05) is 64.1 Å². The Hall–Kier alpha value is -6.48. The van der Waals surface area contributed by atoms with Gasteiger partial charge in [-0.2, -0.15) is 0 Å². The predicted octanol–water partition coefficient (Wildman–Crippen LogP) is 4.33. The van der Waals surface area contributed by atoms with Gasteiger partial charge in [-0.15, -0.1) is 11.3 Å². The number of Topliss-reactive ketones (excluding diaryl/α,β-unsaturated/α-hetero) is 1. The Balaban J connectivity index is 0.745. The number of amides is 4. The van der Waals surface area contributed by atoms with Crippen molar-refractivity contribution in [2.24, 2.45) is 5.41 Å². The summed E-state index contributed by atoms with van der Waals surface area (Å²) in [6.45, 7) is 12.6. The average molecular weight is 1020 g/mol. The number of fused-ring (bicyclic) bond motifs is 1. The summed E-state index contributed by atoms with van der Waals surface area (Å²) in [5.41, 5.74) is 6.72. The molecule has 3 atom stereocenters. The third-order valence-electron chi connectivity index (χ3n) is 14.0. The van der Waals surface area contributed by atoms with Crippen LogP contribution >= 0.6 is 11.3 Å². The molecular weight excluding hydrogens is 953 g/mol. The Labute approximate surface area is 428 Å². The van der Waals surface area contributed by atoms with Gasteiger partial charge in [-0.3, -0.25) is 38.3 Å². The molecule has 1 aliphatic carbocycles. The van der Waals surface area contributed by atoms with Gasteiger partial charge in [-0.1, -0.05) is 57.9 Å². The van der Waals surface area contributed by atoms with Gasteiger partial charge in [0.1, 0.15) is 36.8 Å². The second-order valence-electron chi connectivity index (χ2n) is 20.3. The molecule has 4 amide bonds. The van der Waals surface area contributed by atoms with E-state index in [0.29, 0.717) is 55.0 Å². The average Bonchev–Trinajstić information content (AvgIpc) is 4.15. The number of nitrogens with one attached hydrogen (secondary N) is 2. The lowest BCUT2D eigenvalue weighted by Gasteiger charge is -2.36. The Morgan fingerprint density at radius 3 is 2.26 bits per heavy atom. The Morgan fingerprint density at radius 2 is 1.62 bits per heavy atom. The number of ether oxygens (including phenoxy) is 2. The van der Waals surface area contributed by atoms with E-state index in [2.05, 4.69) is 25.5 Å². The van der Waals surface area contributed by atoms with E-state index >= 15 is 0 Å². The summed E-state index contributed by atoms with van der Waals surface area (Å²) >= 11 is 1.56. The van der Waals surface area contributed by atoms with Crippen LogP contribution in [0.5, 0.6) is 0 Å². The molecule has 1 saturated carbocycles. The van der Waals surface area contributed by atoms with Crippen molar-refractivity contribution in [1.29, 1.82) is 0 Å². The molecule has 3 aliphatic rings. The van der Waals surface area contributed by atoms with Crippen LogP contribution in [-0.4, -0.2) is 146 Å². The van der Waals surface area contributed by atoms with Crippen LogP contribution in [0.2, 0.25) is 0 Å². The molecule has 5 aromatic rings. The second kappa shape index (κ2) is 23.2. The van der Waals surface area contributed by atoms with Crippen molar-refractivity contribution in [3.8, 4) is 10.4 Å². The minimum atomic E-state index is -1.01. The quantitative estimate of drug-likeness (QED) is 0.0820. The monoisotopic (exact) mass is 1020 g/mol. The number of aliphatic hydroxyl groups excluding tert-OH is 1. The summed E-state index contributed by atoms with van der Waals surface area (Å²) in [4.78, 5) is 105. The van der Waals surface area contributed by atoms with Crippen LogP contribution < -0.4 is 21.1 Å². The van der Waals surface area contributed by atoms with Crippen molar-refractivity contribution in [1.82, 2.24) is 44.9 Å². The summed E-state index contributed by atoms with van der Waals surface area (Å²) < 4.78 is 12.9. The number of hydrogen-bond acceptors (Lipinski definition) is 15. The lowest BCUT2D eigenvalue weighted by molar-refractivity contribution is -0.144. The van der Waals surface area contributed by atoms with Crippen LogP contribution in [0.15, 0.2) is 59.1 Å². The molecule has 4 aromatic heterocycles. The normalized spacial score (nSPS) is 17.8. The summed E-state index contributed by atoms with van der Waals surface area (Å²) in [6, 6.07) is 9.84. The van der Waals surface area contributed by atoms with Gasteiger partial charge in [0.05, 0.1) is 59.3 Å². The molecule has 19 nitrogen and oxygen atoms in total. The molecular formula is C53H66N10O9S. The van der Waals surface area contributed by atoms with Crippen LogP contribution in [-0.2, 0) is 41.6 Å². The highest BCUT2D eigenvalue weighted by Crippen LogP contribution is 2.32. The number of aryl methyl sites for hydroxylation is 2. The number of anilines is 1. The van der Waals surface area contributed by atoms with Gasteiger partial charge in [0.2, 0.25) is 23.6 Å². The fraction of sp³-hybridized carbons (Fsp3) is 0.509. The summed E-state index contributed by atoms with van der Waals surface area (Å²) in [5, 5.41) is 17.0. The first-order valence-corrected chi connectivity index (χ1v) is 25.9. The molecule has 20 heteroatoms. The number of hydrogen-bond donors (Lipinski definition) is 3. The van der Waals surface area contributed by atoms with Gasteiger partial charge >= 0.3 is 0 Å². The maximum Gasteiger partial charge on any atom is 0.263 e. The second-order valence-corrected chi connectivity index (χ2v) is 21.1. The van der Waals surface area contributed by atoms with Crippen molar-refractivity contribution in [3.63, 3.8) is 0 Å². The molecule has 6 heterocycles. The van der Waals surface area contributed by atoms with Gasteiger partial charge in [0.15, 0.2) is 5.78 Å². The SMILES string of the molecule is CC(=O)c1c(C)c2cnc(Cc3ccc(N4CCN(C(=O)COCCOCC(=O)N[C@H](C(=O)N5C[C@H](O)C[C@H]5C(=O)NCc5ccc(-c6scnc6C)cc5)C(C)(C)C)CC4)cn3)nc2n(C2CCCC2)c1=O. The fourth-order valence-electron chi connectivity index (χ4n) is 9.97. The number of carbonyl (C=O) groups excluding carboxylic acids is 5. The van der Waals surface area contributed by atoms with Crippen molar-refractivity contribution >= 4 is 57.5 Å². The van der Waals surface area contributed by atoms with Gasteiger partial charge < -0.3 is 39.9 Å². The maximum absolute atomic E-state index is 14.0. The number of benzene rings is 1. The van der Waals surface area contributed by atoms with Crippen molar-refractivity contribution in [2.75, 3.05) is 64.1 Å². The summed E-state index contributed by atoms with van der Waals surface area (Å²) in [5.74, 6) is -1.27. The Morgan fingerprint density at radius 1 is 0.904 bits per heavy atom. The van der Waals surface area contributed by atoms with E-state index in [0.717, 1.165) is 58.8 Å². The molecule has 0 unspecified atom stereocenters. The van der Waals surface area contributed by atoms with E-state index in [-0.39, 0.29) is 74.8 Å². The number of nitrogens with zero attached hydrogens (tertiary/aromatic N) is 8. The lowest BCUT2D eigenvalue weighted by Crippen LogP contribution is -2.58. The number of aromatic nitrogens is 5. The van der Waals surface area contributed by atoms with Crippen LogP contribution in [0, 0.1) is 19.3 Å². The van der Waals surface area contributed by atoms with Gasteiger partial charge in [-0.05, 0) is 67.9 Å². The molecule has 0 spiro atoms. The van der Waals surface area contributed by atoms with Gasteiger partial charge in [0, 0.05) is 69.0 Å². The van der Waals surface area contributed by atoms with E-state index < -0.39 is 41.3 Å². The summed E-state index contributed by atoms with van der Waals surface area (Å²) in [6.07, 6.45) is 6.85. The maximum atomic E-state index is 14.0. The standard InChI is InChI=1S/C53H66N10O9S/c1-32-41-27-55-43(58-49(41)63(38-9-7-8-10-38)51(69)46(32)34(3)64)23-37-15-16-39(26-54-37)60-17-19-61(20-18-60)45(67)30-72-22-21-71-29-44(66)59-48(53(4,5)6)52(70)62-28-40(65)24-42(62)50(68)56-25-35-11-13-36(14-12-35)47-33(2)57-31-73-47/h11-16,26-27,31,38,40,42,48,65H,7-10,17-25,28-30H2,1-6H3,(H,56,68)(H,59,66)/t40-,42+,48-/m1/s1. The number of carbonyl (C=O) groups is 5. The van der Waals surface area contributed by atoms with Crippen LogP contribution in [0.4, 0.5) is 5.69 Å². The number of likely N-dealkylation sites (tertiary alicyclic amines) is 1. The molecule has 388 valence electrons. The first-order chi connectivity index (χ1) is 35.0. The fourth-order valence-corrected chi connectivity index (χ4v) is 10.8. The number of pyridine rings is 2. The third kappa shape index (κ3) is 12.5. The first-order valence-electron chi connectivity index (χ1n) is 25.1. The third-order valence-corrected chi connectivity index (χ3v) is 15.0. The molecule has 73 heavy (non-hydrogen) atoms. The summed E-state index contributed by atoms with van der Waals surface area (Å²) in [7, 11) is 0. The Kier molecular flexibility index (Phi) is 16.8. The highest BCUT2D eigenvalue weighted by atomic mass is 32.1. The molecule has 3 N–H and O–H groups in total. The minimum Gasteiger partial charge on any atom is -0.391 e. The van der Waals surface area contributed by atoms with Gasteiger partial charge in [-0.25, -0.2) is 15.0 Å². The van der Waals surface area contributed by atoms with E-state index in [4.69, 9.17) is 19.4 Å². The van der Waals surface area contributed by atoms with E-state index in [1.54, 1.807) is 45.6 Å². The molecule has 3 fully saturated rings. The van der Waals surface area contributed by atoms with Crippen LogP contribution in [0.25, 0.3) is 21.5 Å². The number of rotatable bonds is 18. The zero-order valence-electron chi connectivity index (χ0n) is 42.5. The smallest absolute Gasteiger partial charge is 0.263 e. The first kappa shape index (κ1) is 52.8. The molecule has 0 radical (unpaired) electrons. The van der Waals surface area contributed by atoms with E-state index in [9.17, 15) is 33.9 Å². The predicted molar refractivity (Wildman–Crippen MR) is 275 cm³/mol. The number of aliphatic hydroxyl groups is 1. The topological polar surface area (TPSA) is 231 Å². The number of β-amino-alcohol motifs (C(OH)–C–C–N with tert-alkyl or cyclic N) is 1. The minimum absolute atomic E-state index is 0.00193. The highest BCUT2D eigenvalue weighted by molar-refractivity contribution is 7.13. The number of thiazole rings is 1. The van der Waals surface area contributed by atoms with Crippen LogP contribution in [0.3, 0.4) is 0 Å². The zero-order valence-corrected chi connectivity index (χ0v) is 43.3. The van der Waals surface area contributed by atoms with E-state index in [1.165, 1.54) is 11.8 Å². The van der Waals surface area contributed by atoms with Crippen LogP contribution in [0.1, 0.15) is 105 Å². The highest BCUT2D eigenvalue weighted by Gasteiger charge is 2.44. The number of ketones is 1. The Bertz CT molecular complexity index is 2870. The van der Waals surface area contributed by atoms with Gasteiger partial charge in [0.25, 0.3) is 5.56 Å². The van der Waals surface area contributed by atoms with Crippen molar-refractivity contribution in [3.05, 3.63) is 98.6 Å². The van der Waals surface area contributed by atoms with Crippen molar-refractivity contribution in [2.45, 2.75) is 111 Å². The van der Waals surface area contributed by atoms with Crippen molar-refractivity contribution < 1.29 is 38.6 Å². The lowest BCUT2D eigenvalue weighted by atomic mass is 9.85. The molecule has 0 bridgehead atoms. The molecule has 2 aliphatic heterocycles.